The van der Waals surface area contributed by atoms with Gasteiger partial charge in [0, 0.05) is 13.8 Å². The van der Waals surface area contributed by atoms with Crippen LogP contribution in [0.3, 0.4) is 0 Å². The Balaban J connectivity index is -0.000000962. The van der Waals surface area contributed by atoms with Gasteiger partial charge in [0.1, 0.15) is 6.04 Å². The zero-order chi connectivity index (χ0) is 25.9. The van der Waals surface area contributed by atoms with E-state index in [9.17, 15) is 9.59 Å². The van der Waals surface area contributed by atoms with Crippen molar-refractivity contribution in [2.24, 2.45) is 5.73 Å². The Kier molecular flexibility index (Phi) is 29.9. The number of carboxylic acid groups (broad SMARTS) is 3. The minimum Gasteiger partial charge on any atom is -0.481 e. The molecule has 33 heavy (non-hydrogen) atoms. The summed E-state index contributed by atoms with van der Waals surface area (Å²) in [5.74, 6) is -3.30. The molecule has 0 aromatic carbocycles. The van der Waals surface area contributed by atoms with Crippen molar-refractivity contribution in [1.82, 2.24) is 10.6 Å². The standard InChI is InChI=1S/C19H39N3O3.2C2H4O2/c1-2-3-4-5-6-7-8-9-10-11-13-21-14-12-15-22-17(19(24)25)16-18(20)23;2*1-2(3)4/h17,21-22H,2-16H2,1H3,(H2,20,23)(H,24,25);2*1H3,(H,3,4)/t17-;;/m0../s1. The molecule has 10 nitrogen and oxygen atoms in total. The second-order valence-corrected chi connectivity index (χ2v) is 7.84. The zero-order valence-corrected chi connectivity index (χ0v) is 20.7. The lowest BCUT2D eigenvalue weighted by atomic mass is 10.1. The second kappa shape index (κ2) is 27.8. The minimum absolute atomic E-state index is 0.165. The van der Waals surface area contributed by atoms with Crippen LogP contribution in [-0.4, -0.2) is 64.8 Å². The number of carbonyl (C=O) groups is 4. The molecule has 0 saturated carbocycles. The molecule has 0 aromatic heterocycles. The largest absolute Gasteiger partial charge is 0.481 e. The molecule has 0 bridgehead atoms. The average Bonchev–Trinajstić information content (AvgIpc) is 2.68. The predicted octanol–water partition coefficient (Wildman–Crippen LogP) is 2.99. The molecule has 1 atom stereocenters. The van der Waals surface area contributed by atoms with Gasteiger partial charge in [-0.1, -0.05) is 64.7 Å². The second-order valence-electron chi connectivity index (χ2n) is 7.84. The number of carboxylic acids is 3. The summed E-state index contributed by atoms with van der Waals surface area (Å²) in [7, 11) is 0. The lowest BCUT2D eigenvalue weighted by Gasteiger charge is -2.12. The van der Waals surface area contributed by atoms with E-state index in [-0.39, 0.29) is 6.42 Å². The fraction of sp³-hybridized carbons (Fsp3) is 0.826. The zero-order valence-electron chi connectivity index (χ0n) is 20.7. The van der Waals surface area contributed by atoms with Crippen LogP contribution >= 0.6 is 0 Å². The summed E-state index contributed by atoms with van der Waals surface area (Å²) in [6, 6.07) is -0.875. The smallest absolute Gasteiger partial charge is 0.321 e. The summed E-state index contributed by atoms with van der Waals surface area (Å²) < 4.78 is 0. The van der Waals surface area contributed by atoms with Gasteiger partial charge in [-0.3, -0.25) is 19.2 Å². The fourth-order valence-corrected chi connectivity index (χ4v) is 2.80. The highest BCUT2D eigenvalue weighted by Gasteiger charge is 2.18. The molecule has 0 spiro atoms. The van der Waals surface area contributed by atoms with Gasteiger partial charge >= 0.3 is 5.97 Å². The van der Waals surface area contributed by atoms with Gasteiger partial charge < -0.3 is 31.7 Å². The summed E-state index contributed by atoms with van der Waals surface area (Å²) in [4.78, 5) is 39.7. The van der Waals surface area contributed by atoms with Crippen molar-refractivity contribution in [3.63, 3.8) is 0 Å². The third-order valence-electron chi connectivity index (χ3n) is 4.33. The van der Waals surface area contributed by atoms with Crippen LogP contribution in [0.2, 0.25) is 0 Å². The summed E-state index contributed by atoms with van der Waals surface area (Å²) >= 11 is 0. The van der Waals surface area contributed by atoms with E-state index >= 15 is 0 Å². The maximum absolute atomic E-state index is 10.9. The van der Waals surface area contributed by atoms with Crippen molar-refractivity contribution in [2.75, 3.05) is 19.6 Å². The highest BCUT2D eigenvalue weighted by molar-refractivity contribution is 5.83. The molecule has 0 heterocycles. The highest BCUT2D eigenvalue weighted by atomic mass is 16.4. The monoisotopic (exact) mass is 477 g/mol. The first-order valence-corrected chi connectivity index (χ1v) is 11.9. The SMILES string of the molecule is CC(=O)O.CC(=O)O.CCCCCCCCCCCCNCCCN[C@@H](CC(N)=O)C(=O)O. The van der Waals surface area contributed by atoms with Crippen LogP contribution in [0.4, 0.5) is 0 Å². The third kappa shape index (κ3) is 44.3. The highest BCUT2D eigenvalue weighted by Crippen LogP contribution is 2.10. The number of amides is 1. The van der Waals surface area contributed by atoms with Crippen molar-refractivity contribution in [1.29, 1.82) is 0 Å². The van der Waals surface area contributed by atoms with E-state index in [1.807, 2.05) is 0 Å². The van der Waals surface area contributed by atoms with Gasteiger partial charge in [0.25, 0.3) is 11.9 Å². The number of nitrogens with two attached hydrogens (primary N) is 1. The number of primary amides is 1. The number of carbonyl (C=O) groups excluding carboxylic acids is 1. The molecule has 0 aliphatic heterocycles. The van der Waals surface area contributed by atoms with Crippen molar-refractivity contribution in [3.05, 3.63) is 0 Å². The quantitative estimate of drug-likeness (QED) is 0.152. The molecule has 1 amide bonds. The van der Waals surface area contributed by atoms with Gasteiger partial charge in [-0.2, -0.15) is 0 Å². The fourth-order valence-electron chi connectivity index (χ4n) is 2.80. The lowest BCUT2D eigenvalue weighted by molar-refractivity contribution is -0.141. The van der Waals surface area contributed by atoms with Crippen LogP contribution in [0.5, 0.6) is 0 Å². The average molecular weight is 478 g/mol. The first kappa shape index (κ1) is 35.4. The van der Waals surface area contributed by atoms with E-state index in [0.29, 0.717) is 6.54 Å². The van der Waals surface area contributed by atoms with Crippen molar-refractivity contribution in [3.8, 4) is 0 Å². The van der Waals surface area contributed by atoms with Crippen LogP contribution in [0.15, 0.2) is 0 Å². The Labute approximate surface area is 198 Å². The molecule has 0 fully saturated rings. The normalized spacial score (nSPS) is 10.8. The van der Waals surface area contributed by atoms with Gasteiger partial charge in [-0.15, -0.1) is 0 Å². The number of hydrogen-bond acceptors (Lipinski definition) is 6. The lowest BCUT2D eigenvalue weighted by Crippen LogP contribution is -2.41. The molecule has 0 radical (unpaired) electrons. The summed E-state index contributed by atoms with van der Waals surface area (Å²) in [5, 5.41) is 30.0. The van der Waals surface area contributed by atoms with Crippen molar-refractivity contribution in [2.45, 2.75) is 104 Å². The van der Waals surface area contributed by atoms with Gasteiger partial charge in [0.15, 0.2) is 0 Å². The number of aliphatic carboxylic acids is 3. The molecular weight excluding hydrogens is 430 g/mol. The van der Waals surface area contributed by atoms with Gasteiger partial charge in [-0.25, -0.2) is 0 Å². The van der Waals surface area contributed by atoms with E-state index < -0.39 is 29.9 Å². The number of rotatable bonds is 19. The third-order valence-corrected chi connectivity index (χ3v) is 4.33. The Bertz CT molecular complexity index is 482. The number of unbranched alkanes of at least 4 members (excludes halogenated alkanes) is 9. The molecular formula is C23H47N3O7. The maximum Gasteiger partial charge on any atom is 0.321 e. The topological polar surface area (TPSA) is 179 Å². The number of hydrogen-bond donors (Lipinski definition) is 6. The van der Waals surface area contributed by atoms with Crippen LogP contribution in [-0.2, 0) is 19.2 Å². The van der Waals surface area contributed by atoms with Crippen LogP contribution in [0.25, 0.3) is 0 Å². The van der Waals surface area contributed by atoms with Gasteiger partial charge in [0.05, 0.1) is 6.42 Å². The molecule has 0 aliphatic carbocycles. The van der Waals surface area contributed by atoms with Crippen molar-refractivity contribution >= 4 is 23.8 Å². The molecule has 0 rings (SSSR count). The minimum atomic E-state index is -1.03. The Morgan fingerprint density at radius 2 is 1.09 bits per heavy atom. The summed E-state index contributed by atoms with van der Waals surface area (Å²) in [6.45, 7) is 6.85. The first-order valence-electron chi connectivity index (χ1n) is 11.9. The molecule has 0 unspecified atom stereocenters. The van der Waals surface area contributed by atoms with E-state index in [1.165, 1.54) is 64.2 Å². The van der Waals surface area contributed by atoms with E-state index in [1.54, 1.807) is 0 Å². The first-order chi connectivity index (χ1) is 15.5. The van der Waals surface area contributed by atoms with Gasteiger partial charge in [-0.05, 0) is 32.5 Å². The Hall–Kier alpha value is -2.20. The Morgan fingerprint density at radius 1 is 0.697 bits per heavy atom. The Morgan fingerprint density at radius 3 is 1.48 bits per heavy atom. The molecule has 196 valence electrons. The number of nitrogens with one attached hydrogen (secondary N) is 2. The summed E-state index contributed by atoms with van der Waals surface area (Å²) in [6.07, 6.45) is 14.1. The van der Waals surface area contributed by atoms with Crippen molar-refractivity contribution < 1.29 is 34.5 Å². The van der Waals surface area contributed by atoms with E-state index in [4.69, 9.17) is 30.6 Å². The molecule has 0 saturated heterocycles. The van der Waals surface area contributed by atoms with Crippen LogP contribution in [0.1, 0.15) is 97.8 Å². The molecule has 0 aliphatic rings. The molecule has 7 N–H and O–H groups in total. The summed E-state index contributed by atoms with van der Waals surface area (Å²) in [5.41, 5.74) is 5.03. The maximum atomic E-state index is 10.9. The molecule has 0 aromatic rings. The predicted molar refractivity (Wildman–Crippen MR) is 129 cm³/mol. The van der Waals surface area contributed by atoms with E-state index in [2.05, 4.69) is 17.6 Å². The van der Waals surface area contributed by atoms with E-state index in [0.717, 1.165) is 33.4 Å². The van der Waals surface area contributed by atoms with Crippen LogP contribution in [0, 0.1) is 0 Å². The van der Waals surface area contributed by atoms with Crippen LogP contribution < -0.4 is 16.4 Å². The molecule has 10 heteroatoms. The van der Waals surface area contributed by atoms with Gasteiger partial charge in [0.2, 0.25) is 5.91 Å².